The Balaban J connectivity index is 1.88. The van der Waals surface area contributed by atoms with Crippen molar-refractivity contribution in [3.05, 3.63) is 108 Å². The SMILES string of the molecule is COc1ccc(C(=O)c2ccc(OC)c(-c3ccccc3)c2F)c(F)c1-c1ccccc1. The summed E-state index contributed by atoms with van der Waals surface area (Å²) in [7, 11) is 2.86. The minimum atomic E-state index is -0.767. The molecule has 3 nitrogen and oxygen atoms in total. The van der Waals surface area contributed by atoms with Crippen molar-refractivity contribution in [2.45, 2.75) is 0 Å². The lowest BCUT2D eigenvalue weighted by Gasteiger charge is -2.15. The van der Waals surface area contributed by atoms with Gasteiger partial charge in [-0.3, -0.25) is 4.79 Å². The molecule has 4 rings (SSSR count). The number of ether oxygens (including phenoxy) is 2. The zero-order valence-electron chi connectivity index (χ0n) is 17.6. The molecule has 0 aromatic heterocycles. The highest BCUT2D eigenvalue weighted by Gasteiger charge is 2.26. The Morgan fingerprint density at radius 2 is 0.969 bits per heavy atom. The first-order valence-corrected chi connectivity index (χ1v) is 9.95. The summed E-state index contributed by atoms with van der Waals surface area (Å²) in [5.74, 6) is -1.73. The zero-order chi connectivity index (χ0) is 22.7. The Kier molecular flexibility index (Phi) is 5.99. The molecule has 0 radical (unpaired) electrons. The first-order chi connectivity index (χ1) is 15.6. The van der Waals surface area contributed by atoms with Crippen LogP contribution in [0.3, 0.4) is 0 Å². The molecule has 32 heavy (non-hydrogen) atoms. The summed E-state index contributed by atoms with van der Waals surface area (Å²) in [4.78, 5) is 13.3. The van der Waals surface area contributed by atoms with Crippen LogP contribution in [0, 0.1) is 11.6 Å². The zero-order valence-corrected chi connectivity index (χ0v) is 17.6. The molecule has 160 valence electrons. The van der Waals surface area contributed by atoms with Crippen molar-refractivity contribution in [1.29, 1.82) is 0 Å². The molecular weight excluding hydrogens is 410 g/mol. The van der Waals surface area contributed by atoms with Crippen LogP contribution in [0.2, 0.25) is 0 Å². The molecule has 0 unspecified atom stereocenters. The van der Waals surface area contributed by atoms with E-state index in [1.807, 2.05) is 0 Å². The van der Waals surface area contributed by atoms with E-state index in [0.29, 0.717) is 11.1 Å². The van der Waals surface area contributed by atoms with Gasteiger partial charge in [0.25, 0.3) is 0 Å². The summed E-state index contributed by atoms with van der Waals surface area (Å²) in [6.45, 7) is 0. The summed E-state index contributed by atoms with van der Waals surface area (Å²) in [5, 5.41) is 0. The number of hydrogen-bond acceptors (Lipinski definition) is 3. The number of rotatable bonds is 6. The molecule has 0 aliphatic carbocycles. The maximum atomic E-state index is 15.6. The second-order valence-electron chi connectivity index (χ2n) is 7.07. The van der Waals surface area contributed by atoms with Gasteiger partial charge in [-0.2, -0.15) is 0 Å². The third-order valence-corrected chi connectivity index (χ3v) is 5.26. The van der Waals surface area contributed by atoms with Crippen LogP contribution in [0.4, 0.5) is 8.78 Å². The topological polar surface area (TPSA) is 35.5 Å². The van der Waals surface area contributed by atoms with E-state index in [2.05, 4.69) is 0 Å². The van der Waals surface area contributed by atoms with E-state index < -0.39 is 17.4 Å². The van der Waals surface area contributed by atoms with E-state index in [0.717, 1.165) is 0 Å². The van der Waals surface area contributed by atoms with Gasteiger partial charge in [0.2, 0.25) is 0 Å². The fourth-order valence-corrected chi connectivity index (χ4v) is 3.70. The van der Waals surface area contributed by atoms with Gasteiger partial charge >= 0.3 is 0 Å². The summed E-state index contributed by atoms with van der Waals surface area (Å²) < 4.78 is 41.8. The average molecular weight is 430 g/mol. The highest BCUT2D eigenvalue weighted by atomic mass is 19.1. The van der Waals surface area contributed by atoms with Crippen LogP contribution in [0.5, 0.6) is 11.5 Å². The van der Waals surface area contributed by atoms with Gasteiger partial charge in [-0.05, 0) is 35.4 Å². The molecule has 0 aliphatic heterocycles. The number of ketones is 1. The van der Waals surface area contributed by atoms with E-state index in [-0.39, 0.29) is 33.8 Å². The summed E-state index contributed by atoms with van der Waals surface area (Å²) in [6.07, 6.45) is 0. The van der Waals surface area contributed by atoms with Crippen molar-refractivity contribution in [1.82, 2.24) is 0 Å². The molecule has 4 aromatic carbocycles. The van der Waals surface area contributed by atoms with Crippen molar-refractivity contribution in [3.63, 3.8) is 0 Å². The van der Waals surface area contributed by atoms with Gasteiger partial charge in [-0.15, -0.1) is 0 Å². The van der Waals surface area contributed by atoms with Crippen LogP contribution in [-0.2, 0) is 0 Å². The van der Waals surface area contributed by atoms with Crippen LogP contribution < -0.4 is 9.47 Å². The fraction of sp³-hybridized carbons (Fsp3) is 0.0741. The van der Waals surface area contributed by atoms with Gasteiger partial charge in [0.15, 0.2) is 5.78 Å². The van der Waals surface area contributed by atoms with Gasteiger partial charge in [-0.1, -0.05) is 60.7 Å². The lowest BCUT2D eigenvalue weighted by Crippen LogP contribution is -2.10. The van der Waals surface area contributed by atoms with E-state index in [1.165, 1.54) is 38.5 Å². The molecule has 0 heterocycles. The maximum absolute atomic E-state index is 15.6. The van der Waals surface area contributed by atoms with Crippen LogP contribution in [0.25, 0.3) is 22.3 Å². The Morgan fingerprint density at radius 1 is 0.594 bits per heavy atom. The van der Waals surface area contributed by atoms with Gasteiger partial charge in [0, 0.05) is 0 Å². The third kappa shape index (κ3) is 3.73. The second kappa shape index (κ2) is 9.02. The number of benzene rings is 4. The summed E-state index contributed by atoms with van der Waals surface area (Å²) in [6, 6.07) is 23.2. The minimum absolute atomic E-state index is 0.149. The largest absolute Gasteiger partial charge is 0.496 e. The normalized spacial score (nSPS) is 10.6. The van der Waals surface area contributed by atoms with Crippen LogP contribution >= 0.6 is 0 Å². The van der Waals surface area contributed by atoms with E-state index >= 15 is 8.78 Å². The highest BCUT2D eigenvalue weighted by Crippen LogP contribution is 2.38. The Bertz CT molecular complexity index is 1170. The molecule has 0 atom stereocenters. The van der Waals surface area contributed by atoms with Gasteiger partial charge in [-0.25, -0.2) is 8.78 Å². The molecule has 0 bridgehead atoms. The molecule has 0 saturated heterocycles. The smallest absolute Gasteiger partial charge is 0.198 e. The summed E-state index contributed by atoms with van der Waals surface area (Å²) in [5.41, 5.74) is 0.918. The summed E-state index contributed by atoms with van der Waals surface area (Å²) >= 11 is 0. The van der Waals surface area contributed by atoms with Crippen molar-refractivity contribution < 1.29 is 23.0 Å². The van der Waals surface area contributed by atoms with Gasteiger partial charge < -0.3 is 9.47 Å². The number of carbonyl (C=O) groups excluding carboxylic acids is 1. The molecule has 5 heteroatoms. The fourth-order valence-electron chi connectivity index (χ4n) is 3.70. The number of methoxy groups -OCH3 is 2. The van der Waals surface area contributed by atoms with Crippen molar-refractivity contribution in [3.8, 4) is 33.8 Å². The predicted molar refractivity (Wildman–Crippen MR) is 120 cm³/mol. The maximum Gasteiger partial charge on any atom is 0.198 e. The lowest BCUT2D eigenvalue weighted by molar-refractivity contribution is 0.103. The predicted octanol–water partition coefficient (Wildman–Crippen LogP) is 6.55. The molecular formula is C27H20F2O3. The molecule has 0 amide bonds. The van der Waals surface area contributed by atoms with Crippen LogP contribution in [0.15, 0.2) is 84.9 Å². The van der Waals surface area contributed by atoms with Gasteiger partial charge in [0.1, 0.15) is 23.1 Å². The first-order valence-electron chi connectivity index (χ1n) is 9.95. The molecule has 0 N–H and O–H groups in total. The van der Waals surface area contributed by atoms with E-state index in [9.17, 15) is 4.79 Å². The highest BCUT2D eigenvalue weighted by molar-refractivity contribution is 6.11. The van der Waals surface area contributed by atoms with E-state index in [1.54, 1.807) is 60.7 Å². The first kappa shape index (κ1) is 21.2. The van der Waals surface area contributed by atoms with Crippen LogP contribution in [0.1, 0.15) is 15.9 Å². The van der Waals surface area contributed by atoms with Crippen molar-refractivity contribution in [2.24, 2.45) is 0 Å². The van der Waals surface area contributed by atoms with Gasteiger partial charge in [0.05, 0.1) is 36.5 Å². The Morgan fingerprint density at radius 3 is 1.31 bits per heavy atom. The second-order valence-corrected chi connectivity index (χ2v) is 7.07. The van der Waals surface area contributed by atoms with E-state index in [4.69, 9.17) is 9.47 Å². The van der Waals surface area contributed by atoms with Crippen molar-refractivity contribution >= 4 is 5.78 Å². The standard InChI is InChI=1S/C27H20F2O3/c1-31-21-15-13-19(25(28)23(21)17-9-5-3-6-10-17)27(30)20-14-16-22(32-2)24(26(20)29)18-11-7-4-8-12-18/h3-16H,1-2H3. The Hall–Kier alpha value is -3.99. The quantitative estimate of drug-likeness (QED) is 0.326. The van der Waals surface area contributed by atoms with Crippen molar-refractivity contribution in [2.75, 3.05) is 14.2 Å². The lowest BCUT2D eigenvalue weighted by atomic mass is 9.93. The molecule has 0 saturated carbocycles. The third-order valence-electron chi connectivity index (χ3n) is 5.26. The average Bonchev–Trinajstić information content (AvgIpc) is 2.84. The minimum Gasteiger partial charge on any atom is -0.496 e. The Labute approximate surface area is 184 Å². The molecule has 0 spiro atoms. The number of hydrogen-bond donors (Lipinski definition) is 0. The molecule has 0 aliphatic rings. The number of halogens is 2. The molecule has 4 aromatic rings. The monoisotopic (exact) mass is 430 g/mol. The number of carbonyl (C=O) groups is 1. The van der Waals surface area contributed by atoms with Crippen LogP contribution in [-0.4, -0.2) is 20.0 Å². The molecule has 0 fully saturated rings.